The van der Waals surface area contributed by atoms with Crippen molar-refractivity contribution in [3.8, 4) is 0 Å². The van der Waals surface area contributed by atoms with E-state index < -0.39 is 25.5 Å². The van der Waals surface area contributed by atoms with E-state index in [1.54, 1.807) is 19.1 Å². The lowest BCUT2D eigenvalue weighted by molar-refractivity contribution is -0.380. The van der Waals surface area contributed by atoms with Crippen LogP contribution in [0.5, 0.6) is 0 Å². The first kappa shape index (κ1) is 20.5. The summed E-state index contributed by atoms with van der Waals surface area (Å²) in [5.74, 6) is -0.778. The van der Waals surface area contributed by atoms with Crippen LogP contribution in [0.25, 0.3) is 0 Å². The Labute approximate surface area is 167 Å². The van der Waals surface area contributed by atoms with Gasteiger partial charge in [0.25, 0.3) is 0 Å². The molecule has 1 heterocycles. The molecule has 150 valence electrons. The number of ether oxygens (including phenoxy) is 1. The molecular weight excluding hydrogens is 402 g/mol. The molecule has 28 heavy (non-hydrogen) atoms. The molecule has 0 atom stereocenters. The van der Waals surface area contributed by atoms with Crippen molar-refractivity contribution < 1.29 is 22.9 Å². The van der Waals surface area contributed by atoms with Gasteiger partial charge in [-0.2, -0.15) is 0 Å². The minimum Gasteiger partial charge on any atom is -0.460 e. The number of esters is 1. The Bertz CT molecular complexity index is 1020. The van der Waals surface area contributed by atoms with Gasteiger partial charge in [-0.05, 0) is 43.9 Å². The SMILES string of the molecule is Cc1ccc(C)c(S(=O)(=O)C2(C(=O)OCc3csc([N+](=O)[O-])c3)CCCC2)c1. The van der Waals surface area contributed by atoms with Crippen molar-refractivity contribution in [1.82, 2.24) is 0 Å². The van der Waals surface area contributed by atoms with E-state index in [9.17, 15) is 23.3 Å². The highest BCUT2D eigenvalue weighted by molar-refractivity contribution is 7.93. The third-order valence-electron chi connectivity index (χ3n) is 5.12. The minimum absolute atomic E-state index is 0.0513. The molecule has 0 unspecified atom stereocenters. The number of hydrogen-bond acceptors (Lipinski definition) is 7. The molecule has 0 aliphatic heterocycles. The Morgan fingerprint density at radius 3 is 2.54 bits per heavy atom. The standard InChI is InChI=1S/C19H21NO6S2/c1-13-5-6-14(2)16(9-13)28(24,25)19(7-3-4-8-19)18(21)26-11-15-10-17(20(22)23)27-12-15/h5-6,9-10,12H,3-4,7-8,11H2,1-2H3. The molecular formula is C19H21NO6S2. The van der Waals surface area contributed by atoms with Crippen LogP contribution in [0.4, 0.5) is 5.00 Å². The minimum atomic E-state index is -3.95. The molecule has 0 radical (unpaired) electrons. The van der Waals surface area contributed by atoms with Gasteiger partial charge < -0.3 is 4.74 Å². The second-order valence-corrected chi connectivity index (χ2v) is 10.2. The molecule has 1 saturated carbocycles. The number of carbonyl (C=O) groups excluding carboxylic acids is 1. The molecule has 2 aromatic rings. The molecule has 9 heteroatoms. The van der Waals surface area contributed by atoms with E-state index in [2.05, 4.69) is 0 Å². The summed E-state index contributed by atoms with van der Waals surface area (Å²) in [6.45, 7) is 3.33. The fraction of sp³-hybridized carbons (Fsp3) is 0.421. The van der Waals surface area contributed by atoms with Crippen LogP contribution in [0.3, 0.4) is 0 Å². The Balaban J connectivity index is 1.89. The quantitative estimate of drug-likeness (QED) is 0.394. The highest BCUT2D eigenvalue weighted by Crippen LogP contribution is 2.42. The Morgan fingerprint density at radius 1 is 1.25 bits per heavy atom. The summed E-state index contributed by atoms with van der Waals surface area (Å²) < 4.78 is 30.7. The summed E-state index contributed by atoms with van der Waals surface area (Å²) in [6, 6.07) is 6.50. The van der Waals surface area contributed by atoms with Gasteiger partial charge in [0.1, 0.15) is 6.61 Å². The summed E-state index contributed by atoms with van der Waals surface area (Å²) in [7, 11) is -3.95. The number of rotatable bonds is 6. The second kappa shape index (κ2) is 7.63. The molecule has 7 nitrogen and oxygen atoms in total. The number of thiophene rings is 1. The van der Waals surface area contributed by atoms with Gasteiger partial charge in [0.2, 0.25) is 0 Å². The van der Waals surface area contributed by atoms with Crippen molar-refractivity contribution in [3.05, 3.63) is 56.5 Å². The molecule has 0 bridgehead atoms. The van der Waals surface area contributed by atoms with Crippen molar-refractivity contribution >= 4 is 32.1 Å². The molecule has 1 aromatic carbocycles. The predicted octanol–water partition coefficient (Wildman–Crippen LogP) is 4.10. The summed E-state index contributed by atoms with van der Waals surface area (Å²) in [5, 5.41) is 12.3. The zero-order valence-corrected chi connectivity index (χ0v) is 17.3. The van der Waals surface area contributed by atoms with Crippen molar-refractivity contribution in [3.63, 3.8) is 0 Å². The maximum absolute atomic E-state index is 13.5. The van der Waals surface area contributed by atoms with E-state index in [-0.39, 0.29) is 29.3 Å². The van der Waals surface area contributed by atoms with Crippen LogP contribution in [-0.2, 0) is 26.0 Å². The van der Waals surface area contributed by atoms with Crippen LogP contribution in [0.15, 0.2) is 34.5 Å². The van der Waals surface area contributed by atoms with E-state index in [0.717, 1.165) is 16.9 Å². The van der Waals surface area contributed by atoms with Crippen LogP contribution in [0, 0.1) is 24.0 Å². The molecule has 1 aliphatic rings. The van der Waals surface area contributed by atoms with E-state index in [1.807, 2.05) is 13.0 Å². The molecule has 0 saturated heterocycles. The summed E-state index contributed by atoms with van der Waals surface area (Å²) in [5.41, 5.74) is 1.87. The number of hydrogen-bond donors (Lipinski definition) is 0. The fourth-order valence-corrected chi connectivity index (χ4v) is 6.62. The average Bonchev–Trinajstić information content (AvgIpc) is 3.32. The van der Waals surface area contributed by atoms with Gasteiger partial charge in [0.05, 0.1) is 9.82 Å². The van der Waals surface area contributed by atoms with E-state index in [1.165, 1.54) is 11.4 Å². The number of sulfone groups is 1. The number of nitrogens with zero attached hydrogens (tertiary/aromatic N) is 1. The molecule has 0 N–H and O–H groups in total. The average molecular weight is 424 g/mol. The summed E-state index contributed by atoms with van der Waals surface area (Å²) >= 11 is 0.938. The number of aryl methyl sites for hydroxylation is 2. The number of benzene rings is 1. The lowest BCUT2D eigenvalue weighted by Gasteiger charge is -2.27. The first-order valence-corrected chi connectivity index (χ1v) is 11.2. The third-order valence-corrected chi connectivity index (χ3v) is 8.67. The third kappa shape index (κ3) is 3.56. The van der Waals surface area contributed by atoms with E-state index in [0.29, 0.717) is 24.0 Å². The molecule has 1 aliphatic carbocycles. The predicted molar refractivity (Wildman–Crippen MR) is 105 cm³/mol. The van der Waals surface area contributed by atoms with Gasteiger partial charge in [0, 0.05) is 17.0 Å². The maximum atomic E-state index is 13.5. The first-order chi connectivity index (χ1) is 13.2. The van der Waals surface area contributed by atoms with Gasteiger partial charge >= 0.3 is 11.0 Å². The normalized spacial score (nSPS) is 16.1. The molecule has 0 amide bonds. The Hall–Kier alpha value is -2.26. The van der Waals surface area contributed by atoms with Gasteiger partial charge in [-0.15, -0.1) is 0 Å². The molecule has 1 aromatic heterocycles. The van der Waals surface area contributed by atoms with Crippen LogP contribution >= 0.6 is 11.3 Å². The van der Waals surface area contributed by atoms with Gasteiger partial charge in [-0.3, -0.25) is 14.9 Å². The van der Waals surface area contributed by atoms with Gasteiger partial charge in [0.15, 0.2) is 14.6 Å². The van der Waals surface area contributed by atoms with Crippen LogP contribution in [-0.4, -0.2) is 24.1 Å². The maximum Gasteiger partial charge on any atom is 0.328 e. The van der Waals surface area contributed by atoms with E-state index in [4.69, 9.17) is 4.74 Å². The largest absolute Gasteiger partial charge is 0.460 e. The van der Waals surface area contributed by atoms with Crippen molar-refractivity contribution in [1.29, 1.82) is 0 Å². The lowest BCUT2D eigenvalue weighted by Crippen LogP contribution is -2.45. The number of carbonyl (C=O) groups is 1. The summed E-state index contributed by atoms with van der Waals surface area (Å²) in [4.78, 5) is 23.4. The second-order valence-electron chi connectivity index (χ2n) is 7.10. The first-order valence-electron chi connectivity index (χ1n) is 8.88. The Morgan fingerprint density at radius 2 is 1.93 bits per heavy atom. The van der Waals surface area contributed by atoms with Crippen molar-refractivity contribution in [2.24, 2.45) is 0 Å². The van der Waals surface area contributed by atoms with Crippen LogP contribution in [0.1, 0.15) is 42.4 Å². The van der Waals surface area contributed by atoms with Gasteiger partial charge in [-0.25, -0.2) is 8.42 Å². The molecule has 0 spiro atoms. The smallest absolute Gasteiger partial charge is 0.328 e. The van der Waals surface area contributed by atoms with Crippen molar-refractivity contribution in [2.45, 2.75) is 55.8 Å². The van der Waals surface area contributed by atoms with Crippen LogP contribution in [0.2, 0.25) is 0 Å². The highest BCUT2D eigenvalue weighted by atomic mass is 32.2. The van der Waals surface area contributed by atoms with E-state index >= 15 is 0 Å². The Kier molecular flexibility index (Phi) is 5.58. The number of nitro groups is 1. The fourth-order valence-electron chi connectivity index (χ4n) is 3.55. The molecule has 3 rings (SSSR count). The summed E-state index contributed by atoms with van der Waals surface area (Å²) in [6.07, 6.45) is 1.68. The topological polar surface area (TPSA) is 104 Å². The van der Waals surface area contributed by atoms with Crippen LogP contribution < -0.4 is 0 Å². The van der Waals surface area contributed by atoms with Crippen molar-refractivity contribution in [2.75, 3.05) is 0 Å². The molecule has 1 fully saturated rings. The van der Waals surface area contributed by atoms with Gasteiger partial charge in [-0.1, -0.05) is 36.3 Å². The zero-order valence-electron chi connectivity index (χ0n) is 15.6. The highest BCUT2D eigenvalue weighted by Gasteiger charge is 2.54. The monoisotopic (exact) mass is 423 g/mol. The zero-order chi connectivity index (χ0) is 20.5. The lowest BCUT2D eigenvalue weighted by atomic mass is 10.1.